The minimum atomic E-state index is -1.05. The molecule has 0 unspecified atom stereocenters. The van der Waals surface area contributed by atoms with Gasteiger partial charge in [0.25, 0.3) is 5.91 Å². The Kier molecular flexibility index (Phi) is 14.1. The molecule has 0 aliphatic carbocycles. The molecule has 2 atom stereocenters. The summed E-state index contributed by atoms with van der Waals surface area (Å²) in [7, 11) is 1.59. The highest BCUT2D eigenvalue weighted by Crippen LogP contribution is 2.45. The molecular weight excluding hydrogens is 628 g/mol. The summed E-state index contributed by atoms with van der Waals surface area (Å²) in [5, 5.41) is 6.87. The fourth-order valence-electron chi connectivity index (χ4n) is 5.79. The number of benzene rings is 3. The summed E-state index contributed by atoms with van der Waals surface area (Å²) in [4.78, 5) is 28.9. The molecule has 9 nitrogen and oxygen atoms in total. The Balaban J connectivity index is 1.54. The van der Waals surface area contributed by atoms with Gasteiger partial charge in [-0.05, 0) is 80.6 Å². The van der Waals surface area contributed by atoms with Crippen LogP contribution in [-0.2, 0) is 20.7 Å². The molecular formula is C38H51ClN4O5. The fraction of sp³-hybridized carbons (Fsp3) is 0.474. The predicted octanol–water partition coefficient (Wildman–Crippen LogP) is 6.06. The van der Waals surface area contributed by atoms with Crippen LogP contribution in [0.4, 0.5) is 5.69 Å². The van der Waals surface area contributed by atoms with Crippen molar-refractivity contribution in [3.05, 3.63) is 88.4 Å². The first-order chi connectivity index (χ1) is 23.1. The van der Waals surface area contributed by atoms with Crippen LogP contribution < -0.4 is 30.7 Å². The number of methoxy groups -OCH3 is 1. The molecule has 1 aliphatic heterocycles. The van der Waals surface area contributed by atoms with Gasteiger partial charge in [0.1, 0.15) is 12.2 Å². The highest BCUT2D eigenvalue weighted by molar-refractivity contribution is 6.30. The molecule has 48 heavy (non-hydrogen) atoms. The first kappa shape index (κ1) is 37.2. The second-order valence-corrected chi connectivity index (χ2v) is 13.7. The maximum absolute atomic E-state index is 14.2. The number of nitrogens with two attached hydrogens (primary N) is 1. The van der Waals surface area contributed by atoms with Crippen molar-refractivity contribution in [2.24, 2.45) is 11.1 Å². The normalized spacial score (nSPS) is 16.3. The van der Waals surface area contributed by atoms with Crippen molar-refractivity contribution in [2.75, 3.05) is 51.3 Å². The van der Waals surface area contributed by atoms with Gasteiger partial charge in [-0.25, -0.2) is 0 Å². The number of nitrogens with one attached hydrogen (secondary N) is 2. The van der Waals surface area contributed by atoms with Crippen molar-refractivity contribution >= 4 is 29.1 Å². The van der Waals surface area contributed by atoms with Gasteiger partial charge in [0.15, 0.2) is 11.5 Å². The number of hydrogen-bond acceptors (Lipinski definition) is 7. The van der Waals surface area contributed by atoms with Gasteiger partial charge in [-0.2, -0.15) is 0 Å². The van der Waals surface area contributed by atoms with E-state index in [0.717, 1.165) is 32.4 Å². The van der Waals surface area contributed by atoms with Crippen LogP contribution in [0.5, 0.6) is 11.5 Å². The van der Waals surface area contributed by atoms with E-state index in [0.29, 0.717) is 66.0 Å². The third kappa shape index (κ3) is 10.7. The van der Waals surface area contributed by atoms with E-state index in [2.05, 4.69) is 55.7 Å². The second-order valence-electron chi connectivity index (χ2n) is 13.3. The number of anilines is 1. The van der Waals surface area contributed by atoms with Crippen LogP contribution >= 0.6 is 11.6 Å². The highest BCUT2D eigenvalue weighted by atomic mass is 35.5. The van der Waals surface area contributed by atoms with Gasteiger partial charge in [-0.1, -0.05) is 74.8 Å². The summed E-state index contributed by atoms with van der Waals surface area (Å²) in [6, 6.07) is 21.6. The molecule has 260 valence electrons. The number of fused-ring (bicyclic) bond motifs is 1. The molecule has 0 bridgehead atoms. The molecule has 4 rings (SSSR count). The monoisotopic (exact) mass is 678 g/mol. The smallest absolute Gasteiger partial charge is 0.256 e. The lowest BCUT2D eigenvalue weighted by Crippen LogP contribution is -2.45. The third-order valence-electron chi connectivity index (χ3n) is 8.02. The maximum atomic E-state index is 14.2. The summed E-state index contributed by atoms with van der Waals surface area (Å²) in [6.45, 7) is 9.76. The van der Waals surface area contributed by atoms with Gasteiger partial charge in [0.05, 0.1) is 20.1 Å². The van der Waals surface area contributed by atoms with E-state index in [9.17, 15) is 9.59 Å². The minimum absolute atomic E-state index is 0.140. The number of hydrogen-bond donors (Lipinski definition) is 3. The summed E-state index contributed by atoms with van der Waals surface area (Å²) in [5.74, 6) is 0.516. The van der Waals surface area contributed by atoms with Gasteiger partial charge in [-0.3, -0.25) is 9.59 Å². The number of halogens is 1. The van der Waals surface area contributed by atoms with Crippen molar-refractivity contribution in [1.29, 1.82) is 0 Å². The van der Waals surface area contributed by atoms with Crippen molar-refractivity contribution in [1.82, 2.24) is 10.6 Å². The molecule has 1 heterocycles. The van der Waals surface area contributed by atoms with Crippen LogP contribution in [0.3, 0.4) is 0 Å². The lowest BCUT2D eigenvalue weighted by atomic mass is 9.94. The quantitative estimate of drug-likeness (QED) is 0.149. The molecule has 0 saturated carbocycles. The standard InChI is InChI=1S/C38H51ClN4O5/c1-38(2,3)26-43-31-18-17-28(39)24-30(31)35(48-33(37(43)45)25-34(44)42-22-10-19-40)29-15-8-16-32(36(29)46-4)47-23-11-21-41-20-9-14-27-12-6-5-7-13-27/h5-8,12-13,15-18,24,33,35,41H,9-11,14,19-23,25-26,40H2,1-4H3,(H,42,44)/t33-,35-/m1/s1. The van der Waals surface area contributed by atoms with Gasteiger partial charge in [0.2, 0.25) is 5.91 Å². The number of nitrogens with zero attached hydrogens (tertiary/aromatic N) is 1. The topological polar surface area (TPSA) is 115 Å². The van der Waals surface area contributed by atoms with Gasteiger partial charge >= 0.3 is 0 Å². The number of amides is 2. The molecule has 0 radical (unpaired) electrons. The molecule has 3 aromatic rings. The summed E-state index contributed by atoms with van der Waals surface area (Å²) < 4.78 is 18.8. The first-order valence-corrected chi connectivity index (χ1v) is 17.3. The van der Waals surface area contributed by atoms with Gasteiger partial charge < -0.3 is 35.5 Å². The Morgan fingerprint density at radius 3 is 2.48 bits per heavy atom. The molecule has 0 spiro atoms. The SMILES string of the molecule is COc1c(OCCCNCCCc2ccccc2)cccc1[C@H]1O[C@H](CC(=O)NCCCN)C(=O)N(CC(C)(C)C)c2ccc(Cl)cc21. The Morgan fingerprint density at radius 2 is 1.75 bits per heavy atom. The number of rotatable bonds is 17. The fourth-order valence-corrected chi connectivity index (χ4v) is 5.97. The van der Waals surface area contributed by atoms with Crippen molar-refractivity contribution in [3.8, 4) is 11.5 Å². The first-order valence-electron chi connectivity index (χ1n) is 16.9. The summed E-state index contributed by atoms with van der Waals surface area (Å²) >= 11 is 6.56. The largest absolute Gasteiger partial charge is 0.492 e. The van der Waals surface area contributed by atoms with E-state index in [4.69, 9.17) is 31.5 Å². The maximum Gasteiger partial charge on any atom is 0.256 e. The summed E-state index contributed by atoms with van der Waals surface area (Å²) in [6.07, 6.45) is 1.61. The second kappa shape index (κ2) is 18.2. The number of para-hydroxylation sites is 1. The Hall–Kier alpha value is -3.63. The molecule has 10 heteroatoms. The van der Waals surface area contributed by atoms with Gasteiger partial charge in [-0.15, -0.1) is 0 Å². The average Bonchev–Trinajstić information content (AvgIpc) is 3.16. The lowest BCUT2D eigenvalue weighted by molar-refractivity contribution is -0.138. The number of ether oxygens (including phenoxy) is 3. The van der Waals surface area contributed by atoms with Crippen molar-refractivity contribution < 1.29 is 23.8 Å². The Labute approximate surface area is 290 Å². The Bertz CT molecular complexity index is 1480. The summed E-state index contributed by atoms with van der Waals surface area (Å²) in [5.41, 5.74) is 8.79. The molecule has 0 aromatic heterocycles. The van der Waals surface area contributed by atoms with Crippen LogP contribution in [0.2, 0.25) is 5.02 Å². The molecule has 1 aliphatic rings. The van der Waals surface area contributed by atoms with Crippen LogP contribution in [0.15, 0.2) is 66.7 Å². The van der Waals surface area contributed by atoms with Crippen LogP contribution in [0.25, 0.3) is 0 Å². The van der Waals surface area contributed by atoms with E-state index in [-0.39, 0.29) is 23.7 Å². The van der Waals surface area contributed by atoms with Crippen molar-refractivity contribution in [2.45, 2.75) is 65.1 Å². The highest BCUT2D eigenvalue weighted by Gasteiger charge is 2.40. The lowest BCUT2D eigenvalue weighted by Gasteiger charge is -2.31. The average molecular weight is 679 g/mol. The molecule has 2 amide bonds. The van der Waals surface area contributed by atoms with E-state index >= 15 is 0 Å². The predicted molar refractivity (Wildman–Crippen MR) is 192 cm³/mol. The minimum Gasteiger partial charge on any atom is -0.492 e. The van der Waals surface area contributed by atoms with Crippen LogP contribution in [-0.4, -0.2) is 64.4 Å². The van der Waals surface area contributed by atoms with E-state index < -0.39 is 12.2 Å². The zero-order chi connectivity index (χ0) is 34.5. The van der Waals surface area contributed by atoms with Crippen LogP contribution in [0, 0.1) is 5.41 Å². The third-order valence-corrected chi connectivity index (χ3v) is 8.26. The van der Waals surface area contributed by atoms with Crippen molar-refractivity contribution in [3.63, 3.8) is 0 Å². The molecule has 3 aromatic carbocycles. The number of carbonyl (C=O) groups excluding carboxylic acids is 2. The number of carbonyl (C=O) groups is 2. The molecule has 0 saturated heterocycles. The molecule has 4 N–H and O–H groups in total. The van der Waals surface area contributed by atoms with E-state index in [1.807, 2.05) is 36.4 Å². The Morgan fingerprint density at radius 1 is 0.979 bits per heavy atom. The number of aryl methyl sites for hydroxylation is 1. The van der Waals surface area contributed by atoms with Crippen LogP contribution in [0.1, 0.15) is 69.2 Å². The zero-order valence-electron chi connectivity index (χ0n) is 28.7. The van der Waals surface area contributed by atoms with E-state index in [1.54, 1.807) is 18.1 Å². The molecule has 0 fully saturated rings. The van der Waals surface area contributed by atoms with Gasteiger partial charge in [0, 0.05) is 34.9 Å². The van der Waals surface area contributed by atoms with E-state index in [1.165, 1.54) is 5.56 Å². The zero-order valence-corrected chi connectivity index (χ0v) is 29.5.